The van der Waals surface area contributed by atoms with Crippen molar-refractivity contribution in [2.75, 3.05) is 5.32 Å². The molecule has 3 fully saturated rings. The third-order valence-electron chi connectivity index (χ3n) is 6.64. The van der Waals surface area contributed by atoms with Gasteiger partial charge in [0, 0.05) is 35.4 Å². The summed E-state index contributed by atoms with van der Waals surface area (Å²) in [5.41, 5.74) is 1.29. The summed E-state index contributed by atoms with van der Waals surface area (Å²) in [5.74, 6) is 0.00571. The molecule has 146 valence electrons. The molecule has 5 nitrogen and oxygen atoms in total. The second kappa shape index (κ2) is 8.01. The van der Waals surface area contributed by atoms with Crippen molar-refractivity contribution in [1.29, 1.82) is 0 Å². The van der Waals surface area contributed by atoms with Gasteiger partial charge < -0.3 is 10.6 Å². The Morgan fingerprint density at radius 3 is 2.30 bits per heavy atom. The molecule has 2 saturated heterocycles. The van der Waals surface area contributed by atoms with Crippen LogP contribution >= 0.6 is 0 Å². The first-order valence-corrected chi connectivity index (χ1v) is 10.6. The highest BCUT2D eigenvalue weighted by Crippen LogP contribution is 2.39. The van der Waals surface area contributed by atoms with Crippen molar-refractivity contribution >= 4 is 17.5 Å². The lowest BCUT2D eigenvalue weighted by Gasteiger charge is -2.51. The molecule has 2 amide bonds. The number of urea groups is 1. The highest BCUT2D eigenvalue weighted by atomic mass is 16.2. The number of hydrogen-bond acceptors (Lipinski definition) is 3. The third-order valence-corrected chi connectivity index (χ3v) is 6.64. The highest BCUT2D eigenvalue weighted by molar-refractivity contribution is 5.96. The van der Waals surface area contributed by atoms with E-state index in [1.807, 2.05) is 6.07 Å². The van der Waals surface area contributed by atoms with Crippen LogP contribution in [-0.2, 0) is 0 Å². The molecule has 27 heavy (non-hydrogen) atoms. The number of fused-ring (bicyclic) bond motifs is 2. The number of carbonyl (C=O) groups excluding carboxylic acids is 2. The van der Waals surface area contributed by atoms with Crippen LogP contribution in [0.3, 0.4) is 0 Å². The number of benzene rings is 1. The van der Waals surface area contributed by atoms with Crippen molar-refractivity contribution in [3.63, 3.8) is 0 Å². The van der Waals surface area contributed by atoms with E-state index in [1.165, 1.54) is 51.9 Å². The van der Waals surface area contributed by atoms with E-state index in [4.69, 9.17) is 0 Å². The van der Waals surface area contributed by atoms with Crippen LogP contribution in [0, 0.1) is 0 Å². The number of nitrogens with one attached hydrogen (secondary N) is 2. The summed E-state index contributed by atoms with van der Waals surface area (Å²) in [7, 11) is 0. The fourth-order valence-electron chi connectivity index (χ4n) is 5.50. The van der Waals surface area contributed by atoms with Crippen LogP contribution in [0.4, 0.5) is 10.5 Å². The second-order valence-electron chi connectivity index (χ2n) is 8.53. The molecule has 1 aromatic carbocycles. The van der Waals surface area contributed by atoms with Gasteiger partial charge in [-0.05, 0) is 57.6 Å². The minimum absolute atomic E-state index is 0.00571. The fraction of sp³-hybridized carbons (Fsp3) is 0.636. The van der Waals surface area contributed by atoms with E-state index in [1.54, 1.807) is 18.2 Å². The van der Waals surface area contributed by atoms with E-state index >= 15 is 0 Å². The van der Waals surface area contributed by atoms with E-state index in [0.717, 1.165) is 18.9 Å². The monoisotopic (exact) mass is 369 g/mol. The number of ketones is 1. The Kier molecular flexibility index (Phi) is 5.48. The summed E-state index contributed by atoms with van der Waals surface area (Å²) in [6, 6.07) is 9.26. The summed E-state index contributed by atoms with van der Waals surface area (Å²) in [5, 5.41) is 6.09. The Morgan fingerprint density at radius 1 is 0.963 bits per heavy atom. The van der Waals surface area contributed by atoms with Crippen LogP contribution in [0.5, 0.6) is 0 Å². The average molecular weight is 370 g/mol. The Bertz CT molecular complexity index is 685. The van der Waals surface area contributed by atoms with Gasteiger partial charge in [-0.15, -0.1) is 0 Å². The number of nitrogens with zero attached hydrogens (tertiary/aromatic N) is 1. The van der Waals surface area contributed by atoms with Crippen molar-refractivity contribution in [2.24, 2.45) is 0 Å². The Balaban J connectivity index is 1.35. The quantitative estimate of drug-likeness (QED) is 0.776. The lowest BCUT2D eigenvalue weighted by molar-refractivity contribution is -0.00680. The van der Waals surface area contributed by atoms with Crippen molar-refractivity contribution in [2.45, 2.75) is 88.9 Å². The van der Waals surface area contributed by atoms with Gasteiger partial charge in [-0.3, -0.25) is 9.69 Å². The SMILES string of the molecule is CC(=O)c1cccc(NC(=O)NC2C[C@H]3CCC[C@H](C2)N3C2CCCC2)c1. The van der Waals surface area contributed by atoms with Crippen LogP contribution < -0.4 is 10.6 Å². The van der Waals surface area contributed by atoms with Crippen molar-refractivity contribution in [3.05, 3.63) is 29.8 Å². The van der Waals surface area contributed by atoms with Gasteiger partial charge in [0.05, 0.1) is 0 Å². The second-order valence-corrected chi connectivity index (χ2v) is 8.53. The summed E-state index contributed by atoms with van der Waals surface area (Å²) in [6.45, 7) is 1.54. The maximum absolute atomic E-state index is 12.5. The van der Waals surface area contributed by atoms with Gasteiger partial charge >= 0.3 is 6.03 Å². The average Bonchev–Trinajstić information content (AvgIpc) is 3.15. The Hall–Kier alpha value is -1.88. The molecule has 2 N–H and O–H groups in total. The molecule has 2 heterocycles. The minimum atomic E-state index is -0.159. The zero-order chi connectivity index (χ0) is 18.8. The van der Waals surface area contributed by atoms with Crippen molar-refractivity contribution < 1.29 is 9.59 Å². The van der Waals surface area contributed by atoms with E-state index in [9.17, 15) is 9.59 Å². The highest BCUT2D eigenvalue weighted by Gasteiger charge is 2.42. The molecule has 0 unspecified atom stereocenters. The minimum Gasteiger partial charge on any atom is -0.335 e. The molecule has 3 aliphatic rings. The molecule has 2 bridgehead atoms. The van der Waals surface area contributed by atoms with Gasteiger partial charge in [0.2, 0.25) is 0 Å². The van der Waals surface area contributed by atoms with Crippen LogP contribution in [0.15, 0.2) is 24.3 Å². The maximum atomic E-state index is 12.5. The van der Waals surface area contributed by atoms with Crippen LogP contribution in [0.25, 0.3) is 0 Å². The molecule has 1 aliphatic carbocycles. The Morgan fingerprint density at radius 2 is 1.63 bits per heavy atom. The number of carbonyl (C=O) groups is 2. The number of rotatable bonds is 4. The summed E-state index contributed by atoms with van der Waals surface area (Å²) in [6.07, 6.45) is 11.5. The van der Waals surface area contributed by atoms with E-state index < -0.39 is 0 Å². The molecule has 2 atom stereocenters. The number of amides is 2. The van der Waals surface area contributed by atoms with Crippen LogP contribution in [-0.4, -0.2) is 40.9 Å². The molecule has 5 heteroatoms. The summed E-state index contributed by atoms with van der Waals surface area (Å²) >= 11 is 0. The van der Waals surface area contributed by atoms with Crippen LogP contribution in [0.1, 0.15) is 75.1 Å². The molecule has 0 spiro atoms. The molecule has 4 rings (SSSR count). The lowest BCUT2D eigenvalue weighted by Crippen LogP contribution is -2.59. The normalized spacial score (nSPS) is 28.7. The number of piperidine rings is 2. The molecular formula is C22H31N3O2. The topological polar surface area (TPSA) is 61.4 Å². The Labute approximate surface area is 161 Å². The maximum Gasteiger partial charge on any atom is 0.319 e. The van der Waals surface area contributed by atoms with Crippen molar-refractivity contribution in [1.82, 2.24) is 10.2 Å². The van der Waals surface area contributed by atoms with E-state index in [-0.39, 0.29) is 17.9 Å². The number of hydrogen-bond donors (Lipinski definition) is 2. The fourth-order valence-corrected chi connectivity index (χ4v) is 5.50. The first kappa shape index (κ1) is 18.5. The predicted molar refractivity (Wildman–Crippen MR) is 107 cm³/mol. The number of anilines is 1. The van der Waals surface area contributed by atoms with Gasteiger partial charge in [0.25, 0.3) is 0 Å². The molecule has 0 radical (unpaired) electrons. The van der Waals surface area contributed by atoms with Gasteiger partial charge in [-0.25, -0.2) is 4.79 Å². The van der Waals surface area contributed by atoms with Crippen molar-refractivity contribution in [3.8, 4) is 0 Å². The first-order chi connectivity index (χ1) is 13.1. The molecular weight excluding hydrogens is 338 g/mol. The smallest absolute Gasteiger partial charge is 0.319 e. The predicted octanol–water partition coefficient (Wildman–Crippen LogP) is 4.34. The van der Waals surface area contributed by atoms with E-state index in [0.29, 0.717) is 23.3 Å². The van der Waals surface area contributed by atoms with Gasteiger partial charge in [-0.1, -0.05) is 31.4 Å². The zero-order valence-corrected chi connectivity index (χ0v) is 16.2. The van der Waals surface area contributed by atoms with Gasteiger partial charge in [0.1, 0.15) is 0 Å². The summed E-state index contributed by atoms with van der Waals surface area (Å²) < 4.78 is 0. The van der Waals surface area contributed by atoms with E-state index in [2.05, 4.69) is 15.5 Å². The standard InChI is InChI=1S/C22H31N3O2/c1-15(26)16-6-4-7-17(12-16)23-22(27)24-18-13-20-10-5-11-21(14-18)25(20)19-8-2-3-9-19/h4,6-7,12,18-21H,2-3,5,8-11,13-14H2,1H3,(H2,23,24,27)/t20-,21-/m1/s1. The van der Waals surface area contributed by atoms with Crippen LogP contribution in [0.2, 0.25) is 0 Å². The molecule has 0 aromatic heterocycles. The zero-order valence-electron chi connectivity index (χ0n) is 16.2. The number of Topliss-reactive ketones (excluding diaryl/α,β-unsaturated/α-hetero) is 1. The van der Waals surface area contributed by atoms with Gasteiger partial charge in [0.15, 0.2) is 5.78 Å². The summed E-state index contributed by atoms with van der Waals surface area (Å²) in [4.78, 5) is 26.8. The first-order valence-electron chi connectivity index (χ1n) is 10.6. The largest absolute Gasteiger partial charge is 0.335 e. The molecule has 1 aromatic rings. The third kappa shape index (κ3) is 4.18. The lowest BCUT2D eigenvalue weighted by atomic mass is 9.80. The molecule has 1 saturated carbocycles. The molecule has 2 aliphatic heterocycles. The van der Waals surface area contributed by atoms with Gasteiger partial charge in [-0.2, -0.15) is 0 Å².